The molecule has 31 heavy (non-hydrogen) atoms. The summed E-state index contributed by atoms with van der Waals surface area (Å²) >= 11 is 3.04. The van der Waals surface area contributed by atoms with E-state index in [1.54, 1.807) is 23.9 Å². The Bertz CT molecular complexity index is 1190. The molecule has 0 aliphatic carbocycles. The summed E-state index contributed by atoms with van der Waals surface area (Å²) in [5, 5.41) is 14.3. The van der Waals surface area contributed by atoms with Crippen molar-refractivity contribution in [2.45, 2.75) is 16.7 Å². The molecule has 0 unspecified atom stereocenters. The van der Waals surface area contributed by atoms with Crippen molar-refractivity contribution in [1.29, 1.82) is 0 Å². The Morgan fingerprint density at radius 1 is 1.00 bits per heavy atom. The van der Waals surface area contributed by atoms with Crippen LogP contribution in [0.25, 0.3) is 10.8 Å². The zero-order chi connectivity index (χ0) is 21.6. The molecule has 0 radical (unpaired) electrons. The molecule has 0 bridgehead atoms. The number of anilines is 1. The largest absolute Gasteiger partial charge is 0.325 e. The van der Waals surface area contributed by atoms with E-state index in [0.29, 0.717) is 10.9 Å². The van der Waals surface area contributed by atoms with Crippen molar-refractivity contribution < 1.29 is 9.18 Å². The van der Waals surface area contributed by atoms with Gasteiger partial charge < -0.3 is 9.88 Å². The lowest BCUT2D eigenvalue weighted by Crippen LogP contribution is -2.14. The van der Waals surface area contributed by atoms with Gasteiger partial charge in [-0.15, -0.1) is 22.0 Å². The second kappa shape index (κ2) is 9.98. The summed E-state index contributed by atoms with van der Waals surface area (Å²) in [6.07, 6.45) is 0. The third-order valence-electron chi connectivity index (χ3n) is 4.73. The predicted molar refractivity (Wildman–Crippen MR) is 126 cm³/mol. The molecule has 5 nitrogen and oxygen atoms in total. The summed E-state index contributed by atoms with van der Waals surface area (Å²) < 4.78 is 14.9. The monoisotopic (exact) mass is 452 g/mol. The van der Waals surface area contributed by atoms with Gasteiger partial charge in [0.15, 0.2) is 5.16 Å². The van der Waals surface area contributed by atoms with E-state index in [9.17, 15) is 9.18 Å². The van der Waals surface area contributed by atoms with E-state index in [0.717, 1.165) is 33.6 Å². The Balaban J connectivity index is 1.30. The van der Waals surface area contributed by atoms with E-state index in [1.165, 1.54) is 23.9 Å². The van der Waals surface area contributed by atoms with Crippen molar-refractivity contribution in [1.82, 2.24) is 14.8 Å². The summed E-state index contributed by atoms with van der Waals surface area (Å²) in [7, 11) is 1.90. The molecule has 0 spiro atoms. The fourth-order valence-corrected chi connectivity index (χ4v) is 4.78. The fraction of sp³-hybridized carbons (Fsp3) is 0.174. The van der Waals surface area contributed by atoms with E-state index in [2.05, 4.69) is 15.5 Å². The summed E-state index contributed by atoms with van der Waals surface area (Å²) in [6.45, 7) is 0. The average molecular weight is 453 g/mol. The van der Waals surface area contributed by atoms with E-state index >= 15 is 0 Å². The Morgan fingerprint density at radius 3 is 2.61 bits per heavy atom. The van der Waals surface area contributed by atoms with Crippen LogP contribution in [0.1, 0.15) is 11.4 Å². The highest BCUT2D eigenvalue weighted by atomic mass is 32.2. The van der Waals surface area contributed by atoms with Crippen molar-refractivity contribution in [2.24, 2.45) is 7.05 Å². The Labute approximate surface area is 188 Å². The molecule has 8 heteroatoms. The molecule has 0 atom stereocenters. The molecule has 0 aliphatic rings. The molecule has 0 fully saturated rings. The lowest BCUT2D eigenvalue weighted by molar-refractivity contribution is -0.113. The maximum atomic E-state index is 13.0. The number of amides is 1. The SMILES string of the molecule is Cn1c(CSCc2ccc(F)cc2)nnc1SCC(=O)Nc1cccc2ccccc12. The summed E-state index contributed by atoms with van der Waals surface area (Å²) in [4.78, 5) is 12.5. The van der Waals surface area contributed by atoms with Crippen LogP contribution in [0.5, 0.6) is 0 Å². The van der Waals surface area contributed by atoms with Crippen LogP contribution in [0.15, 0.2) is 71.9 Å². The van der Waals surface area contributed by atoms with Crippen molar-refractivity contribution in [2.75, 3.05) is 11.1 Å². The number of halogens is 1. The molecule has 1 aromatic heterocycles. The third-order valence-corrected chi connectivity index (χ3v) is 6.75. The molecule has 158 valence electrons. The van der Waals surface area contributed by atoms with E-state index in [-0.39, 0.29) is 17.5 Å². The van der Waals surface area contributed by atoms with Gasteiger partial charge in [-0.25, -0.2) is 4.39 Å². The number of aromatic nitrogens is 3. The molecule has 1 N–H and O–H groups in total. The van der Waals surface area contributed by atoms with Crippen LogP contribution >= 0.6 is 23.5 Å². The highest BCUT2D eigenvalue weighted by Gasteiger charge is 2.12. The first kappa shape index (κ1) is 21.4. The van der Waals surface area contributed by atoms with Gasteiger partial charge in [0.1, 0.15) is 11.6 Å². The van der Waals surface area contributed by atoms with Crippen molar-refractivity contribution in [3.05, 3.63) is 83.9 Å². The van der Waals surface area contributed by atoms with E-state index in [4.69, 9.17) is 0 Å². The van der Waals surface area contributed by atoms with Crippen LogP contribution in [0.4, 0.5) is 10.1 Å². The topological polar surface area (TPSA) is 59.8 Å². The maximum absolute atomic E-state index is 13.0. The number of nitrogens with zero attached hydrogens (tertiary/aromatic N) is 3. The maximum Gasteiger partial charge on any atom is 0.234 e. The van der Waals surface area contributed by atoms with Gasteiger partial charge in [0.05, 0.1) is 11.5 Å². The molecule has 1 heterocycles. The normalized spacial score (nSPS) is 11.0. The molecular weight excluding hydrogens is 431 g/mol. The van der Waals surface area contributed by atoms with Gasteiger partial charge in [-0.05, 0) is 29.1 Å². The quantitative estimate of drug-likeness (QED) is 0.369. The Hall–Kier alpha value is -2.84. The molecule has 0 aliphatic heterocycles. The first-order valence-corrected chi connectivity index (χ1v) is 11.8. The number of nitrogens with one attached hydrogen (secondary N) is 1. The zero-order valence-corrected chi connectivity index (χ0v) is 18.5. The second-order valence-electron chi connectivity index (χ2n) is 6.94. The molecule has 4 rings (SSSR count). The number of thioether (sulfide) groups is 2. The summed E-state index contributed by atoms with van der Waals surface area (Å²) in [5.41, 5.74) is 1.87. The van der Waals surface area contributed by atoms with Crippen LogP contribution < -0.4 is 5.32 Å². The number of carbonyl (C=O) groups excluding carboxylic acids is 1. The summed E-state index contributed by atoms with van der Waals surface area (Å²) in [6, 6.07) is 20.3. The Morgan fingerprint density at radius 2 is 1.77 bits per heavy atom. The van der Waals surface area contributed by atoms with Crippen molar-refractivity contribution in [3.63, 3.8) is 0 Å². The van der Waals surface area contributed by atoms with Crippen molar-refractivity contribution in [3.8, 4) is 0 Å². The van der Waals surface area contributed by atoms with Crippen LogP contribution in [0.2, 0.25) is 0 Å². The number of hydrogen-bond acceptors (Lipinski definition) is 5. The lowest BCUT2D eigenvalue weighted by atomic mass is 10.1. The van der Waals surface area contributed by atoms with Gasteiger partial charge in [-0.1, -0.05) is 60.3 Å². The number of hydrogen-bond donors (Lipinski definition) is 1. The number of fused-ring (bicyclic) bond motifs is 1. The standard InChI is InChI=1S/C23H21FN4OS2/c1-28-21(14-30-13-16-9-11-18(24)12-10-16)26-27-23(28)31-15-22(29)25-20-8-4-6-17-5-2-3-7-19(17)20/h2-12H,13-15H2,1H3,(H,25,29). The van der Waals surface area contributed by atoms with E-state index in [1.807, 2.05) is 54.1 Å². The van der Waals surface area contributed by atoms with Crippen LogP contribution in [-0.2, 0) is 23.3 Å². The molecule has 3 aromatic carbocycles. The van der Waals surface area contributed by atoms with Crippen LogP contribution in [0, 0.1) is 5.82 Å². The minimum atomic E-state index is -0.229. The highest BCUT2D eigenvalue weighted by Crippen LogP contribution is 2.24. The van der Waals surface area contributed by atoms with Gasteiger partial charge in [-0.3, -0.25) is 4.79 Å². The van der Waals surface area contributed by atoms with Gasteiger partial charge in [-0.2, -0.15) is 0 Å². The Kier molecular flexibility index (Phi) is 6.89. The molecule has 1 amide bonds. The zero-order valence-electron chi connectivity index (χ0n) is 16.9. The molecule has 0 saturated carbocycles. The molecule has 4 aromatic rings. The highest BCUT2D eigenvalue weighted by molar-refractivity contribution is 7.99. The van der Waals surface area contributed by atoms with Crippen molar-refractivity contribution >= 4 is 45.9 Å². The fourth-order valence-electron chi connectivity index (χ4n) is 3.09. The lowest BCUT2D eigenvalue weighted by Gasteiger charge is -2.08. The number of carbonyl (C=O) groups is 1. The predicted octanol–water partition coefficient (Wildman–Crippen LogP) is 5.27. The van der Waals surface area contributed by atoms with Gasteiger partial charge in [0.2, 0.25) is 5.91 Å². The van der Waals surface area contributed by atoms with Crippen LogP contribution in [0.3, 0.4) is 0 Å². The number of benzene rings is 3. The molecule has 0 saturated heterocycles. The van der Waals surface area contributed by atoms with Gasteiger partial charge in [0.25, 0.3) is 0 Å². The minimum absolute atomic E-state index is 0.0865. The minimum Gasteiger partial charge on any atom is -0.325 e. The third kappa shape index (κ3) is 5.45. The molecular formula is C23H21FN4OS2. The van der Waals surface area contributed by atoms with Gasteiger partial charge >= 0.3 is 0 Å². The second-order valence-corrected chi connectivity index (χ2v) is 8.87. The summed E-state index contributed by atoms with van der Waals surface area (Å²) in [5.74, 6) is 2.22. The average Bonchev–Trinajstić information content (AvgIpc) is 3.13. The van der Waals surface area contributed by atoms with Crippen LogP contribution in [-0.4, -0.2) is 26.4 Å². The first-order valence-electron chi connectivity index (χ1n) is 9.71. The smallest absolute Gasteiger partial charge is 0.234 e. The first-order chi connectivity index (χ1) is 15.1. The van der Waals surface area contributed by atoms with Gasteiger partial charge in [0, 0.05) is 23.9 Å². The van der Waals surface area contributed by atoms with E-state index < -0.39 is 0 Å². The number of rotatable bonds is 8.